The summed E-state index contributed by atoms with van der Waals surface area (Å²) in [7, 11) is 1.64. The Labute approximate surface area is 153 Å². The maximum Gasteiger partial charge on any atom is 0.226 e. The Hall–Kier alpha value is -2.69. The number of ether oxygens (including phenoxy) is 2. The summed E-state index contributed by atoms with van der Waals surface area (Å²) in [5.74, 6) is 1.53. The number of nitrogens with one attached hydrogen (secondary N) is 1. The number of nitrogens with zero attached hydrogens (tertiary/aromatic N) is 1. The summed E-state index contributed by atoms with van der Waals surface area (Å²) in [5.41, 5.74) is 3.75. The van der Waals surface area contributed by atoms with Gasteiger partial charge in [0.25, 0.3) is 0 Å². The van der Waals surface area contributed by atoms with Gasteiger partial charge < -0.3 is 19.7 Å². The van der Waals surface area contributed by atoms with Crippen LogP contribution in [0, 0.1) is 5.92 Å². The van der Waals surface area contributed by atoms with E-state index < -0.39 is 0 Å². The van der Waals surface area contributed by atoms with Crippen molar-refractivity contribution in [2.45, 2.75) is 12.8 Å². The Morgan fingerprint density at radius 2 is 2.15 bits per heavy atom. The number of carbonyl (C=O) groups excluding carboxylic acids is 1. The standard InChI is InChI=1S/C21H24N2O3/c1-25-18-7-6-16-12-17(14-26-20(16)13-18)21(24)22-9-11-23-10-8-15-4-2-3-5-19(15)23/h2-7,13,17H,8-12,14H2,1H3,(H,22,24). The summed E-state index contributed by atoms with van der Waals surface area (Å²) in [6, 6.07) is 14.3. The summed E-state index contributed by atoms with van der Waals surface area (Å²) in [4.78, 5) is 14.9. The lowest BCUT2D eigenvalue weighted by molar-refractivity contribution is -0.126. The minimum atomic E-state index is -0.137. The fourth-order valence-electron chi connectivity index (χ4n) is 3.75. The molecule has 2 aliphatic rings. The van der Waals surface area contributed by atoms with Gasteiger partial charge in [-0.3, -0.25) is 4.79 Å². The molecule has 2 heterocycles. The van der Waals surface area contributed by atoms with Crippen LogP contribution in [0.5, 0.6) is 11.5 Å². The lowest BCUT2D eigenvalue weighted by Gasteiger charge is -2.25. The van der Waals surface area contributed by atoms with Crippen LogP contribution in [0.2, 0.25) is 0 Å². The van der Waals surface area contributed by atoms with Crippen LogP contribution in [0.25, 0.3) is 0 Å². The van der Waals surface area contributed by atoms with Gasteiger partial charge >= 0.3 is 0 Å². The molecule has 2 aromatic rings. The van der Waals surface area contributed by atoms with E-state index in [1.807, 2.05) is 18.2 Å². The molecule has 136 valence electrons. The van der Waals surface area contributed by atoms with Crippen molar-refractivity contribution in [3.05, 3.63) is 53.6 Å². The van der Waals surface area contributed by atoms with E-state index in [1.54, 1.807) is 7.11 Å². The number of rotatable bonds is 5. The molecule has 5 nitrogen and oxygen atoms in total. The predicted octanol–water partition coefficient (Wildman–Crippen LogP) is 2.43. The topological polar surface area (TPSA) is 50.8 Å². The maximum absolute atomic E-state index is 12.5. The Morgan fingerprint density at radius 3 is 3.04 bits per heavy atom. The zero-order valence-corrected chi connectivity index (χ0v) is 15.0. The average Bonchev–Trinajstić information content (AvgIpc) is 3.10. The van der Waals surface area contributed by atoms with E-state index in [4.69, 9.17) is 9.47 Å². The van der Waals surface area contributed by atoms with Gasteiger partial charge in [0.15, 0.2) is 0 Å². The van der Waals surface area contributed by atoms with Gasteiger partial charge in [-0.15, -0.1) is 0 Å². The number of hydrogen-bond acceptors (Lipinski definition) is 4. The normalized spacial score (nSPS) is 17.9. The molecule has 1 amide bonds. The van der Waals surface area contributed by atoms with Crippen LogP contribution < -0.4 is 19.7 Å². The van der Waals surface area contributed by atoms with Gasteiger partial charge in [-0.25, -0.2) is 0 Å². The number of amides is 1. The number of anilines is 1. The Bertz CT molecular complexity index is 806. The number of fused-ring (bicyclic) bond motifs is 2. The fourth-order valence-corrected chi connectivity index (χ4v) is 3.75. The zero-order valence-electron chi connectivity index (χ0n) is 15.0. The monoisotopic (exact) mass is 352 g/mol. The van der Waals surface area contributed by atoms with Crippen LogP contribution in [0.3, 0.4) is 0 Å². The molecule has 0 saturated carbocycles. The summed E-state index contributed by atoms with van der Waals surface area (Å²) in [6.45, 7) is 2.93. The first-order valence-corrected chi connectivity index (χ1v) is 9.15. The summed E-state index contributed by atoms with van der Waals surface area (Å²) in [6.07, 6.45) is 1.79. The molecule has 0 bridgehead atoms. The molecule has 1 atom stereocenters. The second kappa shape index (κ2) is 7.28. The second-order valence-corrected chi connectivity index (χ2v) is 6.84. The van der Waals surface area contributed by atoms with Gasteiger partial charge in [0, 0.05) is 31.4 Å². The molecule has 0 spiro atoms. The molecule has 0 aliphatic carbocycles. The van der Waals surface area contributed by atoms with E-state index in [2.05, 4.69) is 34.5 Å². The zero-order chi connectivity index (χ0) is 17.9. The third kappa shape index (κ3) is 3.34. The summed E-state index contributed by atoms with van der Waals surface area (Å²) >= 11 is 0. The van der Waals surface area contributed by atoms with E-state index >= 15 is 0 Å². The molecule has 26 heavy (non-hydrogen) atoms. The Balaban J connectivity index is 1.29. The molecule has 2 aliphatic heterocycles. The third-order valence-corrected chi connectivity index (χ3v) is 5.22. The van der Waals surface area contributed by atoms with E-state index in [1.165, 1.54) is 11.3 Å². The fraction of sp³-hybridized carbons (Fsp3) is 0.381. The lowest BCUT2D eigenvalue weighted by atomic mass is 9.96. The van der Waals surface area contributed by atoms with Gasteiger partial charge in [0.05, 0.1) is 13.0 Å². The van der Waals surface area contributed by atoms with Gasteiger partial charge in [-0.05, 0) is 36.1 Å². The van der Waals surface area contributed by atoms with Crippen LogP contribution in [-0.4, -0.2) is 39.3 Å². The highest BCUT2D eigenvalue weighted by molar-refractivity contribution is 5.79. The summed E-state index contributed by atoms with van der Waals surface area (Å²) in [5, 5.41) is 3.08. The maximum atomic E-state index is 12.5. The van der Waals surface area contributed by atoms with Crippen molar-refractivity contribution in [2.75, 3.05) is 38.3 Å². The van der Waals surface area contributed by atoms with E-state index in [0.29, 0.717) is 19.6 Å². The molecule has 5 heteroatoms. The molecular weight excluding hydrogens is 328 g/mol. The van der Waals surface area contributed by atoms with Crippen LogP contribution in [0.4, 0.5) is 5.69 Å². The number of carbonyl (C=O) groups is 1. The van der Waals surface area contributed by atoms with Crippen LogP contribution in [0.1, 0.15) is 11.1 Å². The largest absolute Gasteiger partial charge is 0.497 e. The second-order valence-electron chi connectivity index (χ2n) is 6.84. The minimum Gasteiger partial charge on any atom is -0.497 e. The van der Waals surface area contributed by atoms with Gasteiger partial charge in [0.1, 0.15) is 18.1 Å². The predicted molar refractivity (Wildman–Crippen MR) is 101 cm³/mol. The van der Waals surface area contributed by atoms with Crippen LogP contribution >= 0.6 is 0 Å². The van der Waals surface area contributed by atoms with Crippen molar-refractivity contribution < 1.29 is 14.3 Å². The molecule has 1 N–H and O–H groups in total. The molecule has 0 saturated heterocycles. The number of benzene rings is 2. The van der Waals surface area contributed by atoms with E-state index in [-0.39, 0.29) is 11.8 Å². The summed E-state index contributed by atoms with van der Waals surface area (Å²) < 4.78 is 11.0. The van der Waals surface area contributed by atoms with Crippen molar-refractivity contribution in [3.8, 4) is 11.5 Å². The first-order chi connectivity index (χ1) is 12.7. The number of hydrogen-bond donors (Lipinski definition) is 1. The highest BCUT2D eigenvalue weighted by Gasteiger charge is 2.26. The highest BCUT2D eigenvalue weighted by Crippen LogP contribution is 2.31. The Morgan fingerprint density at radius 1 is 1.27 bits per heavy atom. The number of para-hydroxylation sites is 1. The first kappa shape index (κ1) is 16.8. The average molecular weight is 352 g/mol. The first-order valence-electron chi connectivity index (χ1n) is 9.15. The number of methoxy groups -OCH3 is 1. The molecule has 0 fully saturated rings. The van der Waals surface area contributed by atoms with Crippen molar-refractivity contribution in [1.82, 2.24) is 5.32 Å². The highest BCUT2D eigenvalue weighted by atomic mass is 16.5. The van der Waals surface area contributed by atoms with Gasteiger partial charge in [-0.1, -0.05) is 24.3 Å². The van der Waals surface area contributed by atoms with Crippen LogP contribution in [-0.2, 0) is 17.6 Å². The molecule has 1 unspecified atom stereocenters. The van der Waals surface area contributed by atoms with Crippen molar-refractivity contribution in [3.63, 3.8) is 0 Å². The lowest BCUT2D eigenvalue weighted by Crippen LogP contribution is -2.40. The molecule has 0 aromatic heterocycles. The van der Waals surface area contributed by atoms with Crippen molar-refractivity contribution >= 4 is 11.6 Å². The van der Waals surface area contributed by atoms with Crippen molar-refractivity contribution in [1.29, 1.82) is 0 Å². The van der Waals surface area contributed by atoms with Gasteiger partial charge in [-0.2, -0.15) is 0 Å². The van der Waals surface area contributed by atoms with Crippen molar-refractivity contribution in [2.24, 2.45) is 5.92 Å². The smallest absolute Gasteiger partial charge is 0.226 e. The quantitative estimate of drug-likeness (QED) is 0.898. The van der Waals surface area contributed by atoms with E-state index in [9.17, 15) is 4.79 Å². The molecule has 0 radical (unpaired) electrons. The van der Waals surface area contributed by atoms with Crippen LogP contribution in [0.15, 0.2) is 42.5 Å². The van der Waals surface area contributed by atoms with E-state index in [0.717, 1.165) is 36.6 Å². The molecular formula is C21H24N2O3. The minimum absolute atomic E-state index is 0.0685. The third-order valence-electron chi connectivity index (χ3n) is 5.22. The molecule has 4 rings (SSSR count). The molecule has 2 aromatic carbocycles. The Kier molecular flexibility index (Phi) is 4.69. The SMILES string of the molecule is COc1ccc2c(c1)OCC(C(=O)NCCN1CCc3ccccc31)C2. The van der Waals surface area contributed by atoms with Gasteiger partial charge in [0.2, 0.25) is 5.91 Å².